The van der Waals surface area contributed by atoms with Crippen LogP contribution in [0.1, 0.15) is 49.7 Å². The number of carbonyl (C=O) groups excluding carboxylic acids is 1. The van der Waals surface area contributed by atoms with E-state index in [0.717, 1.165) is 16.5 Å². The summed E-state index contributed by atoms with van der Waals surface area (Å²) in [4.78, 5) is 16.4. The minimum absolute atomic E-state index is 0.0139. The van der Waals surface area contributed by atoms with E-state index in [-0.39, 0.29) is 16.7 Å². The van der Waals surface area contributed by atoms with Gasteiger partial charge < -0.3 is 10.3 Å². The van der Waals surface area contributed by atoms with Crippen molar-refractivity contribution in [2.75, 3.05) is 13.1 Å². The predicted molar refractivity (Wildman–Crippen MR) is 120 cm³/mol. The lowest BCUT2D eigenvalue weighted by molar-refractivity contribution is 0.0947. The van der Waals surface area contributed by atoms with Gasteiger partial charge in [-0.25, -0.2) is 8.42 Å². The number of aromatic nitrogens is 1. The molecule has 0 saturated heterocycles. The number of hydrogen-bond donors (Lipinski definition) is 2. The molecule has 160 valence electrons. The minimum atomic E-state index is -3.48. The second kappa shape index (κ2) is 9.12. The van der Waals surface area contributed by atoms with Crippen LogP contribution in [0.2, 0.25) is 0 Å². The SMILES string of the molecule is CCN(CC)S(=O)(=O)c1ccc([C@@H](C)N[C@@H](C)C(=O)c2c[nH]c3ccccc23)cc1. The molecule has 30 heavy (non-hydrogen) atoms. The molecule has 0 aliphatic rings. The van der Waals surface area contributed by atoms with Crippen molar-refractivity contribution in [2.24, 2.45) is 0 Å². The first-order valence-corrected chi connectivity index (χ1v) is 11.7. The lowest BCUT2D eigenvalue weighted by atomic mass is 10.0. The molecule has 0 spiro atoms. The molecule has 0 aliphatic heterocycles. The maximum atomic E-state index is 12.9. The highest BCUT2D eigenvalue weighted by Crippen LogP contribution is 2.22. The van der Waals surface area contributed by atoms with Crippen LogP contribution in [-0.4, -0.2) is 42.6 Å². The highest BCUT2D eigenvalue weighted by Gasteiger charge is 2.23. The molecular weight excluding hydrogens is 398 g/mol. The van der Waals surface area contributed by atoms with Gasteiger partial charge >= 0.3 is 0 Å². The molecule has 3 rings (SSSR count). The maximum Gasteiger partial charge on any atom is 0.243 e. The highest BCUT2D eigenvalue weighted by molar-refractivity contribution is 7.89. The van der Waals surface area contributed by atoms with Crippen molar-refractivity contribution in [3.05, 3.63) is 65.9 Å². The highest BCUT2D eigenvalue weighted by atomic mass is 32.2. The van der Waals surface area contributed by atoms with Gasteiger partial charge in [0.15, 0.2) is 5.78 Å². The molecule has 1 aromatic heterocycles. The molecule has 0 amide bonds. The average Bonchev–Trinajstić information content (AvgIpc) is 3.18. The summed E-state index contributed by atoms with van der Waals surface area (Å²) in [6.45, 7) is 8.34. The van der Waals surface area contributed by atoms with E-state index in [4.69, 9.17) is 0 Å². The van der Waals surface area contributed by atoms with E-state index in [1.54, 1.807) is 30.5 Å². The molecule has 6 nitrogen and oxygen atoms in total. The molecule has 2 atom stereocenters. The number of Topliss-reactive ketones (excluding diaryl/α,β-unsaturated/α-hetero) is 1. The van der Waals surface area contributed by atoms with Crippen LogP contribution in [0.4, 0.5) is 0 Å². The second-order valence-electron chi connectivity index (χ2n) is 7.38. The maximum absolute atomic E-state index is 12.9. The van der Waals surface area contributed by atoms with Crippen molar-refractivity contribution in [1.29, 1.82) is 0 Å². The number of ketones is 1. The Morgan fingerprint density at radius 3 is 2.30 bits per heavy atom. The number of rotatable bonds is 9. The van der Waals surface area contributed by atoms with E-state index in [1.165, 1.54) is 4.31 Å². The van der Waals surface area contributed by atoms with Gasteiger partial charge in [0, 0.05) is 41.8 Å². The number of para-hydroxylation sites is 1. The number of carbonyl (C=O) groups is 1. The van der Waals surface area contributed by atoms with Crippen LogP contribution in [0, 0.1) is 0 Å². The lowest BCUT2D eigenvalue weighted by Gasteiger charge is -2.21. The Balaban J connectivity index is 1.72. The molecule has 7 heteroatoms. The van der Waals surface area contributed by atoms with Gasteiger partial charge in [-0.3, -0.25) is 4.79 Å². The summed E-state index contributed by atoms with van der Waals surface area (Å²) in [7, 11) is -3.48. The van der Waals surface area contributed by atoms with E-state index in [1.807, 2.05) is 52.0 Å². The van der Waals surface area contributed by atoms with E-state index >= 15 is 0 Å². The van der Waals surface area contributed by atoms with Gasteiger partial charge in [-0.1, -0.05) is 44.2 Å². The molecular formula is C23H29N3O3S. The molecule has 0 unspecified atom stereocenters. The second-order valence-corrected chi connectivity index (χ2v) is 9.32. The van der Waals surface area contributed by atoms with Crippen molar-refractivity contribution in [3.63, 3.8) is 0 Å². The predicted octanol–water partition coefficient (Wildman–Crippen LogP) is 4.12. The first kappa shape index (κ1) is 22.2. The fraction of sp³-hybridized carbons (Fsp3) is 0.348. The van der Waals surface area contributed by atoms with Gasteiger partial charge in [-0.2, -0.15) is 4.31 Å². The summed E-state index contributed by atoms with van der Waals surface area (Å²) in [5.74, 6) is 0.0139. The number of sulfonamides is 1. The van der Waals surface area contributed by atoms with Gasteiger partial charge in [0.2, 0.25) is 10.0 Å². The number of benzene rings is 2. The Labute approximate surface area is 178 Å². The van der Waals surface area contributed by atoms with Gasteiger partial charge in [-0.15, -0.1) is 0 Å². The standard InChI is InChI=1S/C23H29N3O3S/c1-5-26(6-2)30(28,29)19-13-11-18(12-14-19)16(3)25-17(4)23(27)21-15-24-22-10-8-7-9-20(21)22/h7-17,24-25H,5-6H2,1-4H3/t16-,17+/m1/s1. The topological polar surface area (TPSA) is 82.3 Å². The third kappa shape index (κ3) is 4.33. The van der Waals surface area contributed by atoms with Crippen molar-refractivity contribution in [3.8, 4) is 0 Å². The van der Waals surface area contributed by atoms with Gasteiger partial charge in [-0.05, 0) is 37.6 Å². The Bertz CT molecular complexity index is 1120. The average molecular weight is 428 g/mol. The summed E-state index contributed by atoms with van der Waals surface area (Å²) in [5, 5.41) is 4.24. The molecule has 2 N–H and O–H groups in total. The number of nitrogens with one attached hydrogen (secondary N) is 2. The molecule has 0 aliphatic carbocycles. The number of hydrogen-bond acceptors (Lipinski definition) is 4. The fourth-order valence-corrected chi connectivity index (χ4v) is 5.15. The fourth-order valence-electron chi connectivity index (χ4n) is 3.70. The third-order valence-electron chi connectivity index (χ3n) is 5.47. The summed E-state index contributed by atoms with van der Waals surface area (Å²) in [5.41, 5.74) is 2.52. The zero-order chi connectivity index (χ0) is 21.9. The number of fused-ring (bicyclic) bond motifs is 1. The smallest absolute Gasteiger partial charge is 0.243 e. The van der Waals surface area contributed by atoms with Crippen LogP contribution in [-0.2, 0) is 10.0 Å². The Morgan fingerprint density at radius 1 is 1.03 bits per heavy atom. The molecule has 0 radical (unpaired) electrons. The number of aromatic amines is 1. The number of nitrogens with zero attached hydrogens (tertiary/aromatic N) is 1. The zero-order valence-electron chi connectivity index (χ0n) is 17.8. The lowest BCUT2D eigenvalue weighted by Crippen LogP contribution is -2.35. The van der Waals surface area contributed by atoms with Crippen LogP contribution in [0.25, 0.3) is 10.9 Å². The molecule has 0 saturated carbocycles. The zero-order valence-corrected chi connectivity index (χ0v) is 18.7. The van der Waals surface area contributed by atoms with Crippen molar-refractivity contribution < 1.29 is 13.2 Å². The monoisotopic (exact) mass is 427 g/mol. The summed E-state index contributed by atoms with van der Waals surface area (Å²) in [6, 6.07) is 14.1. The van der Waals surface area contributed by atoms with Gasteiger partial charge in [0.25, 0.3) is 0 Å². The third-order valence-corrected chi connectivity index (χ3v) is 7.54. The summed E-state index contributed by atoms with van der Waals surface area (Å²) >= 11 is 0. The molecule has 1 heterocycles. The molecule has 0 bridgehead atoms. The van der Waals surface area contributed by atoms with E-state index in [0.29, 0.717) is 18.7 Å². The molecule has 2 aromatic carbocycles. The first-order valence-electron chi connectivity index (χ1n) is 10.3. The van der Waals surface area contributed by atoms with Crippen LogP contribution in [0.3, 0.4) is 0 Å². The van der Waals surface area contributed by atoms with E-state index in [2.05, 4.69) is 10.3 Å². The van der Waals surface area contributed by atoms with E-state index < -0.39 is 16.1 Å². The Morgan fingerprint density at radius 2 is 1.67 bits per heavy atom. The van der Waals surface area contributed by atoms with Crippen molar-refractivity contribution in [1.82, 2.24) is 14.6 Å². The minimum Gasteiger partial charge on any atom is -0.360 e. The van der Waals surface area contributed by atoms with Gasteiger partial charge in [0.1, 0.15) is 0 Å². The largest absolute Gasteiger partial charge is 0.360 e. The first-order chi connectivity index (χ1) is 14.3. The van der Waals surface area contributed by atoms with Crippen LogP contribution in [0.15, 0.2) is 59.6 Å². The quantitative estimate of drug-likeness (QED) is 0.503. The van der Waals surface area contributed by atoms with Crippen molar-refractivity contribution >= 4 is 26.7 Å². The van der Waals surface area contributed by atoms with E-state index in [9.17, 15) is 13.2 Å². The summed E-state index contributed by atoms with van der Waals surface area (Å²) in [6.07, 6.45) is 1.75. The van der Waals surface area contributed by atoms with Gasteiger partial charge in [0.05, 0.1) is 10.9 Å². The molecule has 0 fully saturated rings. The van der Waals surface area contributed by atoms with Crippen LogP contribution >= 0.6 is 0 Å². The summed E-state index contributed by atoms with van der Waals surface area (Å²) < 4.78 is 26.7. The molecule has 3 aromatic rings. The number of H-pyrrole nitrogens is 1. The van der Waals surface area contributed by atoms with Crippen LogP contribution < -0.4 is 5.32 Å². The van der Waals surface area contributed by atoms with Crippen LogP contribution in [0.5, 0.6) is 0 Å². The normalized spacial score (nSPS) is 14.2. The Hall–Kier alpha value is -2.48. The Kier molecular flexibility index (Phi) is 6.75. The van der Waals surface area contributed by atoms with Crippen molar-refractivity contribution in [2.45, 2.75) is 44.7 Å².